The van der Waals surface area contributed by atoms with Gasteiger partial charge in [-0.3, -0.25) is 52.7 Å². The monoisotopic (exact) mass is 1240 g/mol. The van der Waals surface area contributed by atoms with E-state index in [0.29, 0.717) is 37.1 Å². The number of likely N-dealkylation sites (tertiary alicyclic amines) is 1. The minimum atomic E-state index is -1.75. The Morgan fingerprint density at radius 1 is 0.562 bits per heavy atom. The van der Waals surface area contributed by atoms with Crippen molar-refractivity contribution in [2.24, 2.45) is 17.8 Å². The Morgan fingerprint density at radius 3 is 1.62 bits per heavy atom. The summed E-state index contributed by atoms with van der Waals surface area (Å²) in [5.41, 5.74) is 0.468. The lowest BCUT2D eigenvalue weighted by Gasteiger charge is -2.37. The molecule has 0 saturated carbocycles. The van der Waals surface area contributed by atoms with E-state index in [1.165, 1.54) is 66.7 Å². The molecule has 24 heteroatoms. The predicted octanol–water partition coefficient (Wildman–Crippen LogP) is 2.04. The maximum atomic E-state index is 15.1. The van der Waals surface area contributed by atoms with Crippen molar-refractivity contribution in [1.29, 1.82) is 0 Å². The molecule has 0 radical (unpaired) electrons. The van der Waals surface area contributed by atoms with Gasteiger partial charge in [-0.15, -0.1) is 0 Å². The van der Waals surface area contributed by atoms with E-state index in [0.717, 1.165) is 11.3 Å². The second kappa shape index (κ2) is 34.5. The smallest absolute Gasteiger partial charge is 0.254 e. The molecule has 89 heavy (non-hydrogen) atoms. The zero-order valence-corrected chi connectivity index (χ0v) is 55.1. The SMILES string of the molecule is CC(C)C[C@H]1C(=O)N(C)[C@@H](C(C)C)C(=O)N[C@@H](Cc2ccccc2)C(=O)N[C@H](C(=O)N2CCCCC2)C(=O)N(C)CCCC(=O)N[C@@H](COC(C)(C)C)C(=O)N(C)[C@@H](CC(C)C)C(=O)N(C)[C@@H](Cc2ccccc2)C(=O)N[C@@H]([C@@H](C)O)C(=O)NCC(=O)N1C. The van der Waals surface area contributed by atoms with Gasteiger partial charge in [0, 0.05) is 74.1 Å². The number of aliphatic hydroxyl groups is 1. The average Bonchev–Trinajstić information content (AvgIpc) is 1.98. The van der Waals surface area contributed by atoms with Gasteiger partial charge in [0.1, 0.15) is 42.3 Å². The lowest BCUT2D eigenvalue weighted by Crippen LogP contribution is -2.62. The molecule has 2 aliphatic heterocycles. The number of carbonyl (C=O) groups is 11. The molecule has 0 bridgehead atoms. The van der Waals surface area contributed by atoms with Crippen LogP contribution < -0.4 is 26.6 Å². The van der Waals surface area contributed by atoms with Crippen molar-refractivity contribution in [3.63, 3.8) is 0 Å². The molecule has 24 nitrogen and oxygen atoms in total. The van der Waals surface area contributed by atoms with E-state index in [-0.39, 0.29) is 63.5 Å². The largest absolute Gasteiger partial charge is 0.391 e. The number of nitrogens with one attached hydrogen (secondary N) is 5. The van der Waals surface area contributed by atoms with Gasteiger partial charge in [0.25, 0.3) is 11.8 Å². The van der Waals surface area contributed by atoms with Crippen LogP contribution in [0.1, 0.15) is 125 Å². The summed E-state index contributed by atoms with van der Waals surface area (Å²) in [6.45, 7) is 17.0. The molecular formula is C65H101N11O13. The number of aliphatic hydroxyl groups excluding tert-OH is 1. The fraction of sp³-hybridized carbons (Fsp3) is 0.646. The molecule has 6 N–H and O–H groups in total. The van der Waals surface area contributed by atoms with E-state index in [9.17, 15) is 53.1 Å². The van der Waals surface area contributed by atoms with E-state index in [2.05, 4.69) is 26.6 Å². The molecular weight excluding hydrogens is 1140 g/mol. The molecule has 9 atom stereocenters. The molecule has 2 aliphatic rings. The Labute approximate surface area is 526 Å². The summed E-state index contributed by atoms with van der Waals surface area (Å²) in [6.07, 6.45) is 0.521. The fourth-order valence-electron chi connectivity index (χ4n) is 11.0. The summed E-state index contributed by atoms with van der Waals surface area (Å²) in [6, 6.07) is 6.41. The van der Waals surface area contributed by atoms with Crippen LogP contribution in [-0.2, 0) is 70.3 Å². The summed E-state index contributed by atoms with van der Waals surface area (Å²) in [5.74, 6) is -9.13. The first-order valence-electron chi connectivity index (χ1n) is 31.2. The van der Waals surface area contributed by atoms with E-state index in [4.69, 9.17) is 4.74 Å². The van der Waals surface area contributed by atoms with Crippen LogP contribution in [0.2, 0.25) is 0 Å². The first-order chi connectivity index (χ1) is 41.7. The van der Waals surface area contributed by atoms with Gasteiger partial charge in [-0.25, -0.2) is 0 Å². The summed E-state index contributed by atoms with van der Waals surface area (Å²) in [7, 11) is 7.05. The van der Waals surface area contributed by atoms with Crippen LogP contribution in [0.5, 0.6) is 0 Å². The topological polar surface area (TPSA) is 297 Å². The molecule has 2 saturated heterocycles. The molecule has 11 amide bonds. The molecule has 2 aromatic carbocycles. The van der Waals surface area contributed by atoms with Crippen molar-refractivity contribution in [2.75, 3.05) is 68.0 Å². The molecule has 2 fully saturated rings. The van der Waals surface area contributed by atoms with Crippen molar-refractivity contribution in [1.82, 2.24) is 56.0 Å². The summed E-state index contributed by atoms with van der Waals surface area (Å²) >= 11 is 0. The third-order valence-corrected chi connectivity index (χ3v) is 16.1. The van der Waals surface area contributed by atoms with Crippen LogP contribution in [0.3, 0.4) is 0 Å². The Kier molecular flexibility index (Phi) is 28.7. The third kappa shape index (κ3) is 22.2. The highest BCUT2D eigenvalue weighted by Gasteiger charge is 2.43. The van der Waals surface area contributed by atoms with Gasteiger partial charge in [0.2, 0.25) is 53.2 Å². The number of benzene rings is 2. The van der Waals surface area contributed by atoms with Gasteiger partial charge in [0.15, 0.2) is 6.04 Å². The first kappa shape index (κ1) is 74.0. The summed E-state index contributed by atoms with van der Waals surface area (Å²) < 4.78 is 6.07. The lowest BCUT2D eigenvalue weighted by atomic mass is 9.96. The second-order valence-electron chi connectivity index (χ2n) is 26.0. The van der Waals surface area contributed by atoms with Crippen molar-refractivity contribution >= 4 is 65.0 Å². The van der Waals surface area contributed by atoms with Crippen molar-refractivity contribution in [3.8, 4) is 0 Å². The highest BCUT2D eigenvalue weighted by atomic mass is 16.5. The number of rotatable bonds is 13. The molecule has 0 spiro atoms. The Balaban J connectivity index is 1.87. The van der Waals surface area contributed by atoms with Crippen LogP contribution >= 0.6 is 0 Å². The average molecular weight is 1240 g/mol. The lowest BCUT2D eigenvalue weighted by molar-refractivity contribution is -0.151. The van der Waals surface area contributed by atoms with E-state index in [1.54, 1.807) is 95.3 Å². The van der Waals surface area contributed by atoms with Crippen LogP contribution in [0, 0.1) is 17.8 Å². The normalized spacial score (nSPS) is 24.7. The molecule has 494 valence electrons. The van der Waals surface area contributed by atoms with Crippen LogP contribution in [0.15, 0.2) is 60.7 Å². The molecule has 0 aliphatic carbocycles. The number of ether oxygens (including phenoxy) is 1. The van der Waals surface area contributed by atoms with E-state index in [1.807, 2.05) is 27.7 Å². The molecule has 2 heterocycles. The second-order valence-corrected chi connectivity index (χ2v) is 26.0. The van der Waals surface area contributed by atoms with Gasteiger partial charge in [0.05, 0.1) is 24.9 Å². The van der Waals surface area contributed by atoms with Crippen LogP contribution in [0.25, 0.3) is 0 Å². The van der Waals surface area contributed by atoms with Gasteiger partial charge in [-0.1, -0.05) is 102 Å². The minimum Gasteiger partial charge on any atom is -0.391 e. The first-order valence-corrected chi connectivity index (χ1v) is 31.2. The number of likely N-dealkylation sites (N-methyl/N-ethyl adjacent to an activating group) is 5. The highest BCUT2D eigenvalue weighted by molar-refractivity contribution is 6.08. The van der Waals surface area contributed by atoms with Crippen LogP contribution in [0.4, 0.5) is 0 Å². The van der Waals surface area contributed by atoms with Crippen molar-refractivity contribution in [3.05, 3.63) is 71.8 Å². The quantitative estimate of drug-likeness (QED) is 0.157. The van der Waals surface area contributed by atoms with Gasteiger partial charge < -0.3 is 65.8 Å². The number of hydrogen-bond acceptors (Lipinski definition) is 13. The Morgan fingerprint density at radius 2 is 1.09 bits per heavy atom. The maximum Gasteiger partial charge on any atom is 0.254 e. The summed E-state index contributed by atoms with van der Waals surface area (Å²) in [5, 5.41) is 24.5. The number of piperidine rings is 1. The number of carbonyl (C=O) groups excluding carboxylic acids is 11. The molecule has 2 aromatic rings. The van der Waals surface area contributed by atoms with Gasteiger partial charge >= 0.3 is 0 Å². The van der Waals surface area contributed by atoms with E-state index >= 15 is 4.79 Å². The van der Waals surface area contributed by atoms with Crippen molar-refractivity contribution in [2.45, 2.75) is 187 Å². The van der Waals surface area contributed by atoms with Gasteiger partial charge in [-0.05, 0) is 95.1 Å². The number of hydrogen-bond donors (Lipinski definition) is 6. The molecule has 0 unspecified atom stereocenters. The van der Waals surface area contributed by atoms with Gasteiger partial charge in [-0.2, -0.15) is 0 Å². The zero-order chi connectivity index (χ0) is 66.6. The Bertz CT molecular complexity index is 2730. The standard InChI is InChI=1S/C65H101N11O13/c1-40(2)34-49-62(86)75(15)55(42(5)6)59(83)68-46(36-44-26-19-16-20-27-44)56(80)70-54(64(88)76-32-23-18-24-33-76)63(87)71(11)31-25-30-51(78)67-47(39-89-65(8,9)10)60(84)74(14)50(35-41(3)4)61(85)73(13)48(37-45-28-21-17-22-29-45)57(81)69-53(43(7)77)58(82)66-38-52(79)72(49)12/h16-17,19-22,26-29,40-43,46-50,53-55,77H,18,23-25,30-39H2,1-15H3,(H,66,82)(H,67,78)(H,68,83)(H,69,81)(H,70,80)/t43-,46+,47+,48+,49+,50+,53+,54+,55+/m1/s1. The Hall–Kier alpha value is -7.47. The van der Waals surface area contributed by atoms with E-state index < -0.39 is 137 Å². The number of amides is 11. The molecule has 0 aromatic heterocycles. The minimum absolute atomic E-state index is 0.0305. The number of nitrogens with zero attached hydrogens (tertiary/aromatic N) is 6. The maximum absolute atomic E-state index is 15.1. The zero-order valence-electron chi connectivity index (χ0n) is 55.1. The van der Waals surface area contributed by atoms with Crippen molar-refractivity contribution < 1.29 is 62.6 Å². The van der Waals surface area contributed by atoms with Crippen LogP contribution in [-0.4, -0.2) is 228 Å². The molecule has 4 rings (SSSR count). The highest BCUT2D eigenvalue weighted by Crippen LogP contribution is 2.22. The third-order valence-electron chi connectivity index (χ3n) is 16.1. The predicted molar refractivity (Wildman–Crippen MR) is 336 cm³/mol. The fourth-order valence-corrected chi connectivity index (χ4v) is 11.0. The summed E-state index contributed by atoms with van der Waals surface area (Å²) in [4.78, 5) is 168.